The van der Waals surface area contributed by atoms with Crippen LogP contribution < -0.4 is 0 Å². The zero-order valence-electron chi connectivity index (χ0n) is 7.84. The van der Waals surface area contributed by atoms with Gasteiger partial charge in [-0.3, -0.25) is 0 Å². The summed E-state index contributed by atoms with van der Waals surface area (Å²) in [6, 6.07) is 2.36. The fourth-order valence-electron chi connectivity index (χ4n) is 0.927. The van der Waals surface area contributed by atoms with Gasteiger partial charge >= 0.3 is 5.97 Å². The molecule has 0 bridgehead atoms. The Labute approximate surface area is 93.6 Å². The minimum atomic E-state index is -2.62. The maximum atomic E-state index is 12.3. The summed E-state index contributed by atoms with van der Waals surface area (Å²) in [7, 11) is 0. The number of nitrogens with zero attached hydrogens (tertiary/aromatic N) is 1. The van der Waals surface area contributed by atoms with Crippen LogP contribution in [-0.2, 0) is 4.74 Å². The number of esters is 1. The first-order chi connectivity index (χ1) is 7.06. The van der Waals surface area contributed by atoms with E-state index in [9.17, 15) is 13.6 Å². The number of alkyl halides is 2. The summed E-state index contributed by atoms with van der Waals surface area (Å²) in [5.74, 6) is -0.626. The molecule has 1 aromatic rings. The Hall–Kier alpha value is -1.04. The molecular weight excluding hydrogens is 272 g/mol. The van der Waals surface area contributed by atoms with E-state index in [0.717, 1.165) is 6.07 Å². The first-order valence-corrected chi connectivity index (χ1v) is 4.97. The number of aromatic nitrogens is 1. The fourth-order valence-corrected chi connectivity index (χ4v) is 1.42. The monoisotopic (exact) mass is 279 g/mol. The average Bonchev–Trinajstić information content (AvgIpc) is 2.17. The highest BCUT2D eigenvalue weighted by Gasteiger charge is 2.16. The van der Waals surface area contributed by atoms with Gasteiger partial charge in [0.1, 0.15) is 10.3 Å². The van der Waals surface area contributed by atoms with E-state index in [-0.39, 0.29) is 22.5 Å². The number of ether oxygens (including phenoxy) is 1. The summed E-state index contributed by atoms with van der Waals surface area (Å²) < 4.78 is 29.3. The quantitative estimate of drug-likeness (QED) is 0.631. The third kappa shape index (κ3) is 2.95. The number of halogens is 3. The van der Waals surface area contributed by atoms with Crippen molar-refractivity contribution < 1.29 is 18.3 Å². The summed E-state index contributed by atoms with van der Waals surface area (Å²) >= 11 is 2.87. The second kappa shape index (κ2) is 5.16. The van der Waals surface area contributed by atoms with E-state index in [1.165, 1.54) is 6.07 Å². The molecule has 1 aromatic heterocycles. The van der Waals surface area contributed by atoms with Gasteiger partial charge in [-0.2, -0.15) is 0 Å². The van der Waals surface area contributed by atoms with Crippen molar-refractivity contribution in [2.45, 2.75) is 13.3 Å². The topological polar surface area (TPSA) is 39.2 Å². The molecule has 0 fully saturated rings. The van der Waals surface area contributed by atoms with Crippen molar-refractivity contribution in [2.75, 3.05) is 6.61 Å². The van der Waals surface area contributed by atoms with Crippen LogP contribution in [0.3, 0.4) is 0 Å². The van der Waals surface area contributed by atoms with E-state index in [0.29, 0.717) is 0 Å². The van der Waals surface area contributed by atoms with Crippen LogP contribution in [0.15, 0.2) is 16.7 Å². The summed E-state index contributed by atoms with van der Waals surface area (Å²) in [5, 5.41) is 0. The highest BCUT2D eigenvalue weighted by atomic mass is 79.9. The molecule has 1 heterocycles. The molecule has 0 radical (unpaired) electrons. The second-order valence-corrected chi connectivity index (χ2v) is 3.35. The first-order valence-electron chi connectivity index (χ1n) is 4.18. The molecule has 6 heteroatoms. The van der Waals surface area contributed by atoms with Gasteiger partial charge in [0.25, 0.3) is 6.43 Å². The lowest BCUT2D eigenvalue weighted by atomic mass is 10.2. The zero-order valence-corrected chi connectivity index (χ0v) is 9.42. The Morgan fingerprint density at radius 3 is 2.73 bits per heavy atom. The lowest BCUT2D eigenvalue weighted by Gasteiger charge is -2.05. The third-order valence-electron chi connectivity index (χ3n) is 1.60. The highest BCUT2D eigenvalue weighted by molar-refractivity contribution is 9.10. The molecule has 0 saturated heterocycles. The van der Waals surface area contributed by atoms with Crippen molar-refractivity contribution in [1.29, 1.82) is 0 Å². The largest absolute Gasteiger partial charge is 0.461 e. The molecular formula is C9H8BrF2NO2. The Morgan fingerprint density at radius 1 is 1.60 bits per heavy atom. The molecule has 0 atom stereocenters. The Bertz CT molecular complexity index is 371. The van der Waals surface area contributed by atoms with Crippen molar-refractivity contribution in [3.8, 4) is 0 Å². The van der Waals surface area contributed by atoms with Crippen LogP contribution in [0.4, 0.5) is 8.78 Å². The van der Waals surface area contributed by atoms with Gasteiger partial charge in [0, 0.05) is 0 Å². The minimum Gasteiger partial charge on any atom is -0.461 e. The molecule has 15 heavy (non-hydrogen) atoms. The zero-order chi connectivity index (χ0) is 11.4. The molecule has 0 spiro atoms. The van der Waals surface area contributed by atoms with Gasteiger partial charge < -0.3 is 4.74 Å². The van der Waals surface area contributed by atoms with Crippen molar-refractivity contribution >= 4 is 21.9 Å². The van der Waals surface area contributed by atoms with Crippen molar-refractivity contribution in [1.82, 2.24) is 4.98 Å². The molecule has 0 amide bonds. The standard InChI is InChI=1S/C9H8BrF2NO2/c1-2-15-9(14)6-4-3-5(8(11)12)7(10)13-6/h3-4,8H,2H2,1H3. The van der Waals surface area contributed by atoms with E-state index in [1.807, 2.05) is 0 Å². The summed E-state index contributed by atoms with van der Waals surface area (Å²) in [5.41, 5.74) is -0.240. The smallest absolute Gasteiger partial charge is 0.356 e. The third-order valence-corrected chi connectivity index (χ3v) is 2.23. The Morgan fingerprint density at radius 2 is 2.27 bits per heavy atom. The second-order valence-electron chi connectivity index (χ2n) is 2.60. The van der Waals surface area contributed by atoms with Gasteiger partial charge in [-0.25, -0.2) is 18.6 Å². The molecule has 0 aliphatic heterocycles. The van der Waals surface area contributed by atoms with E-state index in [1.54, 1.807) is 6.92 Å². The number of rotatable bonds is 3. The normalized spacial score (nSPS) is 10.5. The van der Waals surface area contributed by atoms with Gasteiger partial charge in [0.2, 0.25) is 0 Å². The van der Waals surface area contributed by atoms with Crippen molar-refractivity contribution in [2.24, 2.45) is 0 Å². The van der Waals surface area contributed by atoms with Crippen LogP contribution >= 0.6 is 15.9 Å². The Kier molecular flexibility index (Phi) is 4.14. The molecule has 3 nitrogen and oxygen atoms in total. The van der Waals surface area contributed by atoms with Crippen LogP contribution in [0.5, 0.6) is 0 Å². The molecule has 1 rings (SSSR count). The molecule has 0 aliphatic rings. The van der Waals surface area contributed by atoms with Crippen LogP contribution in [-0.4, -0.2) is 17.6 Å². The lowest BCUT2D eigenvalue weighted by Crippen LogP contribution is -2.07. The van der Waals surface area contributed by atoms with E-state index >= 15 is 0 Å². The van der Waals surface area contributed by atoms with Crippen LogP contribution in [0.1, 0.15) is 29.4 Å². The highest BCUT2D eigenvalue weighted by Crippen LogP contribution is 2.25. The van der Waals surface area contributed by atoms with Gasteiger partial charge in [0.15, 0.2) is 0 Å². The predicted molar refractivity (Wildman–Crippen MR) is 52.9 cm³/mol. The number of pyridine rings is 1. The van der Waals surface area contributed by atoms with Gasteiger partial charge in [-0.15, -0.1) is 0 Å². The maximum absolute atomic E-state index is 12.3. The van der Waals surface area contributed by atoms with Gasteiger partial charge in [-0.1, -0.05) is 0 Å². The number of carbonyl (C=O) groups excluding carboxylic acids is 1. The van der Waals surface area contributed by atoms with Crippen molar-refractivity contribution in [3.05, 3.63) is 28.0 Å². The average molecular weight is 280 g/mol. The van der Waals surface area contributed by atoms with E-state index in [4.69, 9.17) is 0 Å². The maximum Gasteiger partial charge on any atom is 0.356 e. The molecule has 0 aromatic carbocycles. The SMILES string of the molecule is CCOC(=O)c1ccc(C(F)F)c(Br)n1. The van der Waals surface area contributed by atoms with Crippen LogP contribution in [0, 0.1) is 0 Å². The molecule has 0 N–H and O–H groups in total. The summed E-state index contributed by atoms with van der Waals surface area (Å²) in [6.45, 7) is 1.87. The van der Waals surface area contributed by atoms with Gasteiger partial charge in [0.05, 0.1) is 12.2 Å². The van der Waals surface area contributed by atoms with E-state index < -0.39 is 12.4 Å². The Balaban J connectivity index is 2.96. The summed E-state index contributed by atoms with van der Waals surface area (Å²) in [6.07, 6.45) is -2.62. The molecule has 82 valence electrons. The van der Waals surface area contributed by atoms with Crippen LogP contribution in [0.25, 0.3) is 0 Å². The molecule has 0 unspecified atom stereocenters. The number of hydrogen-bond acceptors (Lipinski definition) is 3. The number of carbonyl (C=O) groups is 1. The minimum absolute atomic E-state index is 0.00752. The summed E-state index contributed by atoms with van der Waals surface area (Å²) in [4.78, 5) is 14.9. The van der Waals surface area contributed by atoms with E-state index in [2.05, 4.69) is 25.7 Å². The molecule has 0 saturated carbocycles. The lowest BCUT2D eigenvalue weighted by molar-refractivity contribution is 0.0518. The number of hydrogen-bond donors (Lipinski definition) is 0. The predicted octanol–water partition coefficient (Wildman–Crippen LogP) is 2.96. The first kappa shape index (κ1) is 12.0. The molecule has 0 aliphatic carbocycles. The van der Waals surface area contributed by atoms with Crippen molar-refractivity contribution in [3.63, 3.8) is 0 Å². The fraction of sp³-hybridized carbons (Fsp3) is 0.333. The van der Waals surface area contributed by atoms with Gasteiger partial charge in [-0.05, 0) is 35.0 Å². The van der Waals surface area contributed by atoms with Crippen LogP contribution in [0.2, 0.25) is 0 Å².